The van der Waals surface area contributed by atoms with Crippen LogP contribution in [0.5, 0.6) is 0 Å². The minimum absolute atomic E-state index is 0.414. The molecule has 0 heterocycles. The highest BCUT2D eigenvalue weighted by Gasteiger charge is 2.04. The van der Waals surface area contributed by atoms with Gasteiger partial charge in [-0.15, -0.1) is 0 Å². The minimum atomic E-state index is -3.53. The first-order chi connectivity index (χ1) is 6.33. The molecule has 6 heteroatoms. The molecule has 0 fully saturated rings. The molecule has 0 amide bonds. The zero-order chi connectivity index (χ0) is 11.2. The summed E-state index contributed by atoms with van der Waals surface area (Å²) >= 11 is 0. The summed E-state index contributed by atoms with van der Waals surface area (Å²) in [5.41, 5.74) is 0. The summed E-state index contributed by atoms with van der Waals surface area (Å²) in [5.74, 6) is 0. The number of hydrogen-bond acceptors (Lipinski definition) is 3. The molecular formula is C8H19ClN2O2S. The first-order valence-corrected chi connectivity index (χ1v) is 7.03. The SMILES string of the molecule is CC(C)N(C)CCCCNS(=O)(=O)Cl. The van der Waals surface area contributed by atoms with Gasteiger partial charge in [0.15, 0.2) is 0 Å². The van der Waals surface area contributed by atoms with Gasteiger partial charge >= 0.3 is 0 Å². The molecule has 0 aliphatic carbocycles. The molecule has 0 aliphatic heterocycles. The third-order valence-electron chi connectivity index (χ3n) is 2.09. The summed E-state index contributed by atoms with van der Waals surface area (Å²) in [6, 6.07) is 0.528. The third-order valence-corrected chi connectivity index (χ3v) is 2.97. The van der Waals surface area contributed by atoms with E-state index in [9.17, 15) is 8.42 Å². The smallest absolute Gasteiger partial charge is 0.297 e. The Kier molecular flexibility index (Phi) is 6.68. The predicted octanol–water partition coefficient (Wildman–Crippen LogP) is 1.18. The molecular weight excluding hydrogens is 224 g/mol. The normalized spacial score (nSPS) is 12.7. The fraction of sp³-hybridized carbons (Fsp3) is 1.00. The van der Waals surface area contributed by atoms with E-state index in [0.29, 0.717) is 12.6 Å². The Bertz CT molecular complexity index is 242. The molecule has 1 N–H and O–H groups in total. The zero-order valence-corrected chi connectivity index (χ0v) is 10.5. The van der Waals surface area contributed by atoms with Crippen LogP contribution < -0.4 is 4.72 Å². The largest absolute Gasteiger partial charge is 0.304 e. The Hall–Kier alpha value is 0.160. The lowest BCUT2D eigenvalue weighted by atomic mass is 10.2. The number of rotatable bonds is 7. The van der Waals surface area contributed by atoms with Crippen molar-refractivity contribution >= 4 is 19.9 Å². The minimum Gasteiger partial charge on any atom is -0.304 e. The van der Waals surface area contributed by atoms with E-state index in [4.69, 9.17) is 10.7 Å². The second-order valence-electron chi connectivity index (χ2n) is 3.61. The Balaban J connectivity index is 3.39. The van der Waals surface area contributed by atoms with Crippen molar-refractivity contribution in [3.05, 3.63) is 0 Å². The Morgan fingerprint density at radius 1 is 1.36 bits per heavy atom. The fourth-order valence-electron chi connectivity index (χ4n) is 0.938. The first-order valence-electron chi connectivity index (χ1n) is 4.72. The number of unbranched alkanes of at least 4 members (excludes halogenated alkanes) is 1. The lowest BCUT2D eigenvalue weighted by molar-refractivity contribution is 0.268. The number of halogens is 1. The summed E-state index contributed by atoms with van der Waals surface area (Å²) in [4.78, 5) is 2.22. The Morgan fingerprint density at radius 3 is 2.36 bits per heavy atom. The van der Waals surface area contributed by atoms with E-state index in [1.54, 1.807) is 0 Å². The highest BCUT2D eigenvalue weighted by atomic mass is 35.7. The molecule has 0 spiro atoms. The van der Waals surface area contributed by atoms with E-state index in [1.807, 2.05) is 0 Å². The number of nitrogens with one attached hydrogen (secondary N) is 1. The van der Waals surface area contributed by atoms with Crippen LogP contribution in [0, 0.1) is 0 Å². The van der Waals surface area contributed by atoms with Crippen LogP contribution in [-0.2, 0) is 9.24 Å². The maximum atomic E-state index is 10.5. The fourth-order valence-corrected chi connectivity index (χ4v) is 1.56. The van der Waals surface area contributed by atoms with Gasteiger partial charge in [-0.2, -0.15) is 8.42 Å². The van der Waals surface area contributed by atoms with E-state index < -0.39 is 9.24 Å². The van der Waals surface area contributed by atoms with Crippen LogP contribution in [0.2, 0.25) is 0 Å². The second-order valence-corrected chi connectivity index (χ2v) is 6.00. The molecule has 0 bridgehead atoms. The molecule has 0 aliphatic rings. The van der Waals surface area contributed by atoms with Crippen LogP contribution in [0.4, 0.5) is 0 Å². The number of nitrogens with zero attached hydrogens (tertiary/aromatic N) is 1. The lowest BCUT2D eigenvalue weighted by Crippen LogP contribution is -2.28. The summed E-state index contributed by atoms with van der Waals surface area (Å²) in [5, 5.41) is 0. The van der Waals surface area contributed by atoms with Crippen molar-refractivity contribution in [1.29, 1.82) is 0 Å². The maximum absolute atomic E-state index is 10.5. The summed E-state index contributed by atoms with van der Waals surface area (Å²) in [7, 11) is 3.50. The van der Waals surface area contributed by atoms with Gasteiger partial charge in [0.05, 0.1) is 0 Å². The van der Waals surface area contributed by atoms with Gasteiger partial charge < -0.3 is 4.90 Å². The molecule has 0 aromatic carbocycles. The maximum Gasteiger partial charge on any atom is 0.297 e. The average molecular weight is 243 g/mol. The first kappa shape index (κ1) is 14.2. The number of hydrogen-bond donors (Lipinski definition) is 1. The van der Waals surface area contributed by atoms with E-state index in [0.717, 1.165) is 19.4 Å². The van der Waals surface area contributed by atoms with E-state index >= 15 is 0 Å². The van der Waals surface area contributed by atoms with Crippen molar-refractivity contribution in [3.63, 3.8) is 0 Å². The third kappa shape index (κ3) is 8.74. The van der Waals surface area contributed by atoms with E-state index in [1.165, 1.54) is 0 Å². The van der Waals surface area contributed by atoms with Gasteiger partial charge in [-0.05, 0) is 40.3 Å². The molecule has 0 aromatic rings. The van der Waals surface area contributed by atoms with Crippen LogP contribution >= 0.6 is 10.7 Å². The van der Waals surface area contributed by atoms with Gasteiger partial charge in [-0.25, -0.2) is 4.72 Å². The molecule has 0 rings (SSSR count). The quantitative estimate of drug-likeness (QED) is 0.539. The van der Waals surface area contributed by atoms with Crippen LogP contribution in [0.1, 0.15) is 26.7 Å². The van der Waals surface area contributed by atoms with E-state index in [-0.39, 0.29) is 0 Å². The van der Waals surface area contributed by atoms with Gasteiger partial charge in [0, 0.05) is 23.3 Å². The average Bonchev–Trinajstić information content (AvgIpc) is 2.01. The Morgan fingerprint density at radius 2 is 1.93 bits per heavy atom. The van der Waals surface area contributed by atoms with Gasteiger partial charge in [0.25, 0.3) is 9.24 Å². The van der Waals surface area contributed by atoms with Crippen LogP contribution in [0.25, 0.3) is 0 Å². The highest BCUT2D eigenvalue weighted by Crippen LogP contribution is 1.98. The molecule has 0 radical (unpaired) electrons. The molecule has 4 nitrogen and oxygen atoms in total. The van der Waals surface area contributed by atoms with Crippen LogP contribution in [-0.4, -0.2) is 39.5 Å². The summed E-state index contributed by atoms with van der Waals surface area (Å²) < 4.78 is 23.2. The molecule has 0 saturated heterocycles. The van der Waals surface area contributed by atoms with Crippen molar-refractivity contribution < 1.29 is 8.42 Å². The predicted molar refractivity (Wildman–Crippen MR) is 59.8 cm³/mol. The zero-order valence-electron chi connectivity index (χ0n) is 8.96. The second kappa shape index (κ2) is 6.61. The lowest BCUT2D eigenvalue weighted by Gasteiger charge is -2.20. The van der Waals surface area contributed by atoms with Crippen molar-refractivity contribution in [2.24, 2.45) is 0 Å². The Labute approximate surface area is 91.2 Å². The van der Waals surface area contributed by atoms with Gasteiger partial charge in [-0.3, -0.25) is 0 Å². The van der Waals surface area contributed by atoms with Gasteiger partial charge in [-0.1, -0.05) is 0 Å². The monoisotopic (exact) mass is 242 g/mol. The molecule has 0 atom stereocenters. The van der Waals surface area contributed by atoms with Crippen LogP contribution in [0.3, 0.4) is 0 Å². The van der Waals surface area contributed by atoms with Crippen molar-refractivity contribution in [2.75, 3.05) is 20.1 Å². The van der Waals surface area contributed by atoms with Gasteiger partial charge in [0.2, 0.25) is 0 Å². The van der Waals surface area contributed by atoms with Crippen molar-refractivity contribution in [3.8, 4) is 0 Å². The molecule has 0 aromatic heterocycles. The van der Waals surface area contributed by atoms with Crippen molar-refractivity contribution in [1.82, 2.24) is 9.62 Å². The molecule has 0 unspecified atom stereocenters. The molecule has 0 saturated carbocycles. The molecule has 86 valence electrons. The topological polar surface area (TPSA) is 49.4 Å². The van der Waals surface area contributed by atoms with Gasteiger partial charge in [0.1, 0.15) is 0 Å². The standard InChI is InChI=1S/C8H19ClN2O2S/c1-8(2)11(3)7-5-4-6-10-14(9,12)13/h8,10H,4-7H2,1-3H3. The van der Waals surface area contributed by atoms with E-state index in [2.05, 4.69) is 30.5 Å². The highest BCUT2D eigenvalue weighted by molar-refractivity contribution is 8.12. The summed E-state index contributed by atoms with van der Waals surface area (Å²) in [6.07, 6.45) is 1.77. The van der Waals surface area contributed by atoms with Crippen molar-refractivity contribution in [2.45, 2.75) is 32.7 Å². The summed E-state index contributed by atoms with van der Waals surface area (Å²) in [6.45, 7) is 5.64. The molecule has 14 heavy (non-hydrogen) atoms. The van der Waals surface area contributed by atoms with Crippen LogP contribution in [0.15, 0.2) is 0 Å².